The zero-order chi connectivity index (χ0) is 13.7. The van der Waals surface area contributed by atoms with Crippen molar-refractivity contribution < 1.29 is 9.18 Å². The summed E-state index contributed by atoms with van der Waals surface area (Å²) in [7, 11) is 3.77. The first kappa shape index (κ1) is 14.6. The fourth-order valence-corrected chi connectivity index (χ4v) is 1.67. The minimum atomic E-state index is -0.541. The van der Waals surface area contributed by atoms with Gasteiger partial charge in [0.15, 0.2) is 0 Å². The van der Waals surface area contributed by atoms with Gasteiger partial charge in [0.05, 0.1) is 12.1 Å². The third-order valence-corrected chi connectivity index (χ3v) is 2.74. The number of nitrogens with zero attached hydrogens (tertiary/aromatic N) is 1. The predicted octanol–water partition coefficient (Wildman–Crippen LogP) is 0.892. The van der Waals surface area contributed by atoms with Gasteiger partial charge < -0.3 is 16.0 Å². The number of carbonyl (C=O) groups excluding carboxylic acids is 1. The zero-order valence-electron chi connectivity index (χ0n) is 11.0. The number of hydrogen-bond donors (Lipinski definition) is 2. The largest absolute Gasteiger partial charge is 0.353 e. The summed E-state index contributed by atoms with van der Waals surface area (Å²) in [5, 5.41) is 2.75. The van der Waals surface area contributed by atoms with Crippen LogP contribution in [0.3, 0.4) is 0 Å². The summed E-state index contributed by atoms with van der Waals surface area (Å²) in [4.78, 5) is 13.4. The van der Waals surface area contributed by atoms with Crippen LogP contribution in [0.25, 0.3) is 0 Å². The minimum Gasteiger partial charge on any atom is -0.353 e. The van der Waals surface area contributed by atoms with E-state index in [1.165, 1.54) is 12.1 Å². The fraction of sp³-hybridized carbons (Fsp3) is 0.462. The number of rotatable bonds is 5. The van der Waals surface area contributed by atoms with Crippen LogP contribution in [0.15, 0.2) is 24.3 Å². The third-order valence-electron chi connectivity index (χ3n) is 2.74. The van der Waals surface area contributed by atoms with Gasteiger partial charge in [-0.15, -0.1) is 0 Å². The molecule has 0 aliphatic carbocycles. The highest BCUT2D eigenvalue weighted by Crippen LogP contribution is 2.18. The van der Waals surface area contributed by atoms with Gasteiger partial charge in [0.2, 0.25) is 5.91 Å². The highest BCUT2D eigenvalue weighted by atomic mass is 19.1. The van der Waals surface area contributed by atoms with Crippen molar-refractivity contribution >= 4 is 5.91 Å². The molecule has 1 aromatic carbocycles. The van der Waals surface area contributed by atoms with Gasteiger partial charge in [-0.05, 0) is 38.7 Å². The Balaban J connectivity index is 2.75. The van der Waals surface area contributed by atoms with Gasteiger partial charge in [-0.1, -0.05) is 12.1 Å². The number of benzene rings is 1. The van der Waals surface area contributed by atoms with Crippen molar-refractivity contribution in [2.45, 2.75) is 19.0 Å². The second kappa shape index (κ2) is 6.47. The predicted molar refractivity (Wildman–Crippen MR) is 69.5 cm³/mol. The molecule has 1 aromatic rings. The average molecular weight is 253 g/mol. The van der Waals surface area contributed by atoms with Crippen molar-refractivity contribution in [1.29, 1.82) is 0 Å². The molecule has 1 rings (SSSR count). The molecule has 0 aliphatic heterocycles. The molecule has 18 heavy (non-hydrogen) atoms. The molecule has 0 fully saturated rings. The minimum absolute atomic E-state index is 0.0802. The number of hydrogen-bond acceptors (Lipinski definition) is 3. The lowest BCUT2D eigenvalue weighted by Gasteiger charge is -2.25. The van der Waals surface area contributed by atoms with E-state index in [0.717, 1.165) is 5.56 Å². The van der Waals surface area contributed by atoms with E-state index < -0.39 is 6.04 Å². The SMILES string of the molecule is CC(N)C(=O)NCC(c1cccc(F)c1)N(C)C. The molecule has 2 unspecified atom stereocenters. The van der Waals surface area contributed by atoms with Gasteiger partial charge >= 0.3 is 0 Å². The molecular weight excluding hydrogens is 233 g/mol. The van der Waals surface area contributed by atoms with Gasteiger partial charge in [-0.2, -0.15) is 0 Å². The van der Waals surface area contributed by atoms with Crippen molar-refractivity contribution in [2.75, 3.05) is 20.6 Å². The monoisotopic (exact) mass is 253 g/mol. The molecule has 0 spiro atoms. The Labute approximate surface area is 107 Å². The van der Waals surface area contributed by atoms with Crippen molar-refractivity contribution in [3.63, 3.8) is 0 Å². The lowest BCUT2D eigenvalue weighted by molar-refractivity contribution is -0.122. The van der Waals surface area contributed by atoms with Crippen LogP contribution in [0.5, 0.6) is 0 Å². The number of halogens is 1. The molecule has 0 saturated carbocycles. The lowest BCUT2D eigenvalue weighted by Crippen LogP contribution is -2.42. The molecule has 2 atom stereocenters. The van der Waals surface area contributed by atoms with Crippen LogP contribution in [-0.2, 0) is 4.79 Å². The molecule has 4 nitrogen and oxygen atoms in total. The van der Waals surface area contributed by atoms with Crippen LogP contribution in [-0.4, -0.2) is 37.5 Å². The van der Waals surface area contributed by atoms with Gasteiger partial charge in [0.1, 0.15) is 5.82 Å². The van der Waals surface area contributed by atoms with Crippen LogP contribution in [0.4, 0.5) is 4.39 Å². The van der Waals surface area contributed by atoms with E-state index in [4.69, 9.17) is 5.73 Å². The molecule has 0 radical (unpaired) electrons. The Bertz CT molecular complexity index is 407. The second-order valence-electron chi connectivity index (χ2n) is 4.57. The first-order valence-corrected chi connectivity index (χ1v) is 5.87. The maximum absolute atomic E-state index is 13.2. The van der Waals surface area contributed by atoms with Crippen LogP contribution < -0.4 is 11.1 Å². The number of nitrogens with one attached hydrogen (secondary N) is 1. The maximum atomic E-state index is 13.2. The number of nitrogens with two attached hydrogens (primary N) is 1. The highest BCUT2D eigenvalue weighted by Gasteiger charge is 2.16. The Morgan fingerprint density at radius 3 is 2.67 bits per heavy atom. The van der Waals surface area contributed by atoms with E-state index in [0.29, 0.717) is 6.54 Å². The van der Waals surface area contributed by atoms with Gasteiger partial charge in [-0.3, -0.25) is 4.79 Å². The van der Waals surface area contributed by atoms with E-state index in [9.17, 15) is 9.18 Å². The van der Waals surface area contributed by atoms with E-state index in [1.54, 1.807) is 13.0 Å². The van der Waals surface area contributed by atoms with E-state index in [1.807, 2.05) is 25.1 Å². The molecule has 0 saturated heterocycles. The quantitative estimate of drug-likeness (QED) is 0.819. The molecule has 0 bridgehead atoms. The normalized spacial score (nSPS) is 14.3. The summed E-state index contributed by atoms with van der Waals surface area (Å²) in [6, 6.07) is 5.75. The molecule has 0 heterocycles. The van der Waals surface area contributed by atoms with E-state index in [-0.39, 0.29) is 17.8 Å². The molecule has 0 aliphatic rings. The molecule has 1 amide bonds. The Morgan fingerprint density at radius 2 is 2.17 bits per heavy atom. The molecule has 100 valence electrons. The number of amides is 1. The maximum Gasteiger partial charge on any atom is 0.236 e. The van der Waals surface area contributed by atoms with Crippen molar-refractivity contribution in [1.82, 2.24) is 10.2 Å². The molecule has 5 heteroatoms. The highest BCUT2D eigenvalue weighted by molar-refractivity contribution is 5.80. The smallest absolute Gasteiger partial charge is 0.236 e. The molecular formula is C13H20FN3O. The van der Waals surface area contributed by atoms with Crippen LogP contribution >= 0.6 is 0 Å². The van der Waals surface area contributed by atoms with E-state index >= 15 is 0 Å². The van der Waals surface area contributed by atoms with Crippen LogP contribution in [0.2, 0.25) is 0 Å². The average Bonchev–Trinajstić information content (AvgIpc) is 2.28. The number of carbonyl (C=O) groups is 1. The van der Waals surface area contributed by atoms with Crippen LogP contribution in [0.1, 0.15) is 18.5 Å². The van der Waals surface area contributed by atoms with Crippen LogP contribution in [0, 0.1) is 5.82 Å². The Hall–Kier alpha value is -1.46. The first-order chi connectivity index (χ1) is 8.41. The Morgan fingerprint density at radius 1 is 1.50 bits per heavy atom. The lowest BCUT2D eigenvalue weighted by atomic mass is 10.1. The second-order valence-corrected chi connectivity index (χ2v) is 4.57. The number of likely N-dealkylation sites (N-methyl/N-ethyl adjacent to an activating group) is 1. The summed E-state index contributed by atoms with van der Waals surface area (Å²) >= 11 is 0. The van der Waals surface area contributed by atoms with Gasteiger partial charge in [0, 0.05) is 6.54 Å². The fourth-order valence-electron chi connectivity index (χ4n) is 1.67. The van der Waals surface area contributed by atoms with Crippen molar-refractivity contribution in [3.05, 3.63) is 35.6 Å². The van der Waals surface area contributed by atoms with Gasteiger partial charge in [0.25, 0.3) is 0 Å². The van der Waals surface area contributed by atoms with Gasteiger partial charge in [-0.25, -0.2) is 4.39 Å². The van der Waals surface area contributed by atoms with Crippen molar-refractivity contribution in [3.8, 4) is 0 Å². The van der Waals surface area contributed by atoms with Crippen molar-refractivity contribution in [2.24, 2.45) is 5.73 Å². The summed E-state index contributed by atoms with van der Waals surface area (Å²) in [6.45, 7) is 2.03. The summed E-state index contributed by atoms with van der Waals surface area (Å²) in [5.74, 6) is -0.490. The molecule has 0 aromatic heterocycles. The topological polar surface area (TPSA) is 58.4 Å². The first-order valence-electron chi connectivity index (χ1n) is 5.87. The molecule has 3 N–H and O–H groups in total. The van der Waals surface area contributed by atoms with E-state index in [2.05, 4.69) is 5.32 Å². The zero-order valence-corrected chi connectivity index (χ0v) is 11.0. The summed E-state index contributed by atoms with van der Waals surface area (Å²) in [5.41, 5.74) is 6.30. The Kier molecular flexibility index (Phi) is 5.25. The standard InChI is InChI=1S/C13H20FN3O/c1-9(15)13(18)16-8-12(17(2)3)10-5-4-6-11(14)7-10/h4-7,9,12H,8,15H2,1-3H3,(H,16,18). The third kappa shape index (κ3) is 4.09. The summed E-state index contributed by atoms with van der Waals surface area (Å²) < 4.78 is 13.2. The summed E-state index contributed by atoms with van der Waals surface area (Å²) in [6.07, 6.45) is 0.